The number of hydrogen-bond donors (Lipinski definition) is 0. The molecule has 1 aromatic carbocycles. The van der Waals surface area contributed by atoms with Crippen LogP contribution in [-0.2, 0) is 9.53 Å². The lowest BCUT2D eigenvalue weighted by molar-refractivity contribution is -0.125. The van der Waals surface area contributed by atoms with Crippen LogP contribution in [0.1, 0.15) is 0 Å². The Labute approximate surface area is 93.4 Å². The van der Waals surface area contributed by atoms with Crippen LogP contribution in [0.25, 0.3) is 0 Å². The van der Waals surface area contributed by atoms with Crippen molar-refractivity contribution in [3.8, 4) is 0 Å². The van der Waals surface area contributed by atoms with Crippen molar-refractivity contribution in [2.45, 2.75) is 4.90 Å². The van der Waals surface area contributed by atoms with Gasteiger partial charge in [0.15, 0.2) is 0 Å². The van der Waals surface area contributed by atoms with Crippen molar-refractivity contribution < 1.29 is 9.53 Å². The van der Waals surface area contributed by atoms with Gasteiger partial charge in [-0.1, -0.05) is 0 Å². The molecule has 0 unspecified atom stereocenters. The summed E-state index contributed by atoms with van der Waals surface area (Å²) in [5, 5.41) is 0. The van der Waals surface area contributed by atoms with Crippen LogP contribution in [0, 0.1) is 0 Å². The van der Waals surface area contributed by atoms with E-state index in [9.17, 15) is 4.79 Å². The maximum atomic E-state index is 11.5. The molecular formula is C11H13NO2S. The Morgan fingerprint density at radius 3 is 2.67 bits per heavy atom. The lowest BCUT2D eigenvalue weighted by Gasteiger charge is -2.26. The molecule has 4 heteroatoms. The Bertz CT molecular complexity index is 350. The summed E-state index contributed by atoms with van der Waals surface area (Å²) < 4.78 is 5.08. The second kappa shape index (κ2) is 4.68. The number of nitrogens with zero attached hydrogens (tertiary/aromatic N) is 1. The number of carbonyl (C=O) groups is 1. The van der Waals surface area contributed by atoms with Gasteiger partial charge in [-0.2, -0.15) is 0 Å². The van der Waals surface area contributed by atoms with Crippen LogP contribution >= 0.6 is 11.8 Å². The third kappa shape index (κ3) is 2.33. The molecule has 1 fully saturated rings. The number of morpholine rings is 1. The van der Waals surface area contributed by atoms with Gasteiger partial charge in [0.05, 0.1) is 6.61 Å². The van der Waals surface area contributed by atoms with Gasteiger partial charge in [-0.3, -0.25) is 4.79 Å². The van der Waals surface area contributed by atoms with Crippen LogP contribution in [0.2, 0.25) is 0 Å². The van der Waals surface area contributed by atoms with E-state index in [-0.39, 0.29) is 12.5 Å². The Hall–Kier alpha value is -1.00. The van der Waals surface area contributed by atoms with Crippen LogP contribution in [0.3, 0.4) is 0 Å². The van der Waals surface area contributed by atoms with Crippen molar-refractivity contribution in [1.29, 1.82) is 0 Å². The first-order valence-corrected chi connectivity index (χ1v) is 6.06. The molecule has 15 heavy (non-hydrogen) atoms. The summed E-state index contributed by atoms with van der Waals surface area (Å²) in [4.78, 5) is 14.5. The van der Waals surface area contributed by atoms with E-state index in [1.165, 1.54) is 4.90 Å². The van der Waals surface area contributed by atoms with Crippen molar-refractivity contribution in [2.75, 3.05) is 30.9 Å². The summed E-state index contributed by atoms with van der Waals surface area (Å²) >= 11 is 1.70. The lowest BCUT2D eigenvalue weighted by Crippen LogP contribution is -2.41. The molecule has 0 bridgehead atoms. The van der Waals surface area contributed by atoms with Crippen molar-refractivity contribution in [2.24, 2.45) is 0 Å². The average molecular weight is 223 g/mol. The van der Waals surface area contributed by atoms with Crippen molar-refractivity contribution in [3.05, 3.63) is 24.3 Å². The maximum absolute atomic E-state index is 11.5. The van der Waals surface area contributed by atoms with E-state index < -0.39 is 0 Å². The zero-order valence-corrected chi connectivity index (χ0v) is 9.42. The number of thioether (sulfide) groups is 1. The highest BCUT2D eigenvalue weighted by molar-refractivity contribution is 7.98. The Morgan fingerprint density at radius 1 is 1.33 bits per heavy atom. The minimum absolute atomic E-state index is 0.0400. The molecule has 0 atom stereocenters. The number of anilines is 1. The van der Waals surface area contributed by atoms with Gasteiger partial charge < -0.3 is 9.64 Å². The van der Waals surface area contributed by atoms with Gasteiger partial charge in [-0.25, -0.2) is 0 Å². The summed E-state index contributed by atoms with van der Waals surface area (Å²) in [6.07, 6.45) is 2.04. The Kier molecular flexibility index (Phi) is 3.28. The van der Waals surface area contributed by atoms with Crippen molar-refractivity contribution in [3.63, 3.8) is 0 Å². The normalized spacial score (nSPS) is 16.9. The van der Waals surface area contributed by atoms with E-state index in [1.807, 2.05) is 30.5 Å². The van der Waals surface area contributed by atoms with E-state index in [1.54, 1.807) is 16.7 Å². The van der Waals surface area contributed by atoms with Crippen LogP contribution in [0.4, 0.5) is 5.69 Å². The first kappa shape index (κ1) is 10.5. The third-order valence-corrected chi connectivity index (χ3v) is 3.11. The molecule has 0 N–H and O–H groups in total. The van der Waals surface area contributed by atoms with Gasteiger partial charge >= 0.3 is 0 Å². The van der Waals surface area contributed by atoms with Crippen molar-refractivity contribution >= 4 is 23.4 Å². The third-order valence-electron chi connectivity index (χ3n) is 2.37. The van der Waals surface area contributed by atoms with Gasteiger partial charge in [0, 0.05) is 17.1 Å². The zero-order valence-electron chi connectivity index (χ0n) is 8.60. The summed E-state index contributed by atoms with van der Waals surface area (Å²) in [5.41, 5.74) is 0.959. The SMILES string of the molecule is CSc1ccc(N2CCOCC2=O)cc1. The average Bonchev–Trinajstić information content (AvgIpc) is 2.30. The number of amides is 1. The van der Waals surface area contributed by atoms with Crippen LogP contribution < -0.4 is 4.90 Å². The minimum atomic E-state index is 0.0400. The fraction of sp³-hybridized carbons (Fsp3) is 0.364. The number of rotatable bonds is 2. The molecule has 0 spiro atoms. The van der Waals surface area contributed by atoms with E-state index >= 15 is 0 Å². The fourth-order valence-electron chi connectivity index (χ4n) is 1.55. The topological polar surface area (TPSA) is 29.5 Å². The van der Waals surface area contributed by atoms with Crippen LogP contribution in [-0.4, -0.2) is 31.9 Å². The highest BCUT2D eigenvalue weighted by Crippen LogP contribution is 2.21. The molecule has 1 saturated heterocycles. The summed E-state index contributed by atoms with van der Waals surface area (Å²) in [7, 11) is 0. The van der Waals surface area contributed by atoms with E-state index in [2.05, 4.69) is 0 Å². The predicted molar refractivity (Wildman–Crippen MR) is 61.4 cm³/mol. The monoisotopic (exact) mass is 223 g/mol. The number of carbonyl (C=O) groups excluding carboxylic acids is 1. The van der Waals surface area contributed by atoms with Crippen LogP contribution in [0.15, 0.2) is 29.2 Å². The first-order chi connectivity index (χ1) is 7.31. The molecule has 3 nitrogen and oxygen atoms in total. The van der Waals surface area contributed by atoms with Gasteiger partial charge in [0.25, 0.3) is 5.91 Å². The molecule has 1 aliphatic heterocycles. The lowest BCUT2D eigenvalue weighted by atomic mass is 10.2. The summed E-state index contributed by atoms with van der Waals surface area (Å²) in [6, 6.07) is 8.02. The summed E-state index contributed by atoms with van der Waals surface area (Å²) in [6.45, 7) is 1.47. The number of hydrogen-bond acceptors (Lipinski definition) is 3. The highest BCUT2D eigenvalue weighted by Gasteiger charge is 2.19. The molecule has 1 aromatic rings. The molecule has 0 saturated carbocycles. The standard InChI is InChI=1S/C11H13NO2S/c1-15-10-4-2-9(3-5-10)12-6-7-14-8-11(12)13/h2-5H,6-8H2,1H3. The van der Waals surface area contributed by atoms with Crippen molar-refractivity contribution in [1.82, 2.24) is 0 Å². The Balaban J connectivity index is 2.17. The quantitative estimate of drug-likeness (QED) is 0.716. The van der Waals surface area contributed by atoms with Crippen LogP contribution in [0.5, 0.6) is 0 Å². The Morgan fingerprint density at radius 2 is 2.07 bits per heavy atom. The molecule has 2 rings (SSSR count). The minimum Gasteiger partial charge on any atom is -0.370 e. The smallest absolute Gasteiger partial charge is 0.253 e. The molecule has 0 aromatic heterocycles. The summed E-state index contributed by atoms with van der Waals surface area (Å²) in [5.74, 6) is 0.0400. The molecule has 80 valence electrons. The van der Waals surface area contributed by atoms with Gasteiger partial charge in [-0.15, -0.1) is 11.8 Å². The van der Waals surface area contributed by atoms with E-state index in [0.717, 1.165) is 5.69 Å². The van der Waals surface area contributed by atoms with E-state index in [0.29, 0.717) is 13.2 Å². The fourth-order valence-corrected chi connectivity index (χ4v) is 1.96. The first-order valence-electron chi connectivity index (χ1n) is 4.83. The predicted octanol–water partition coefficient (Wildman–Crippen LogP) is 1.77. The maximum Gasteiger partial charge on any atom is 0.253 e. The number of benzene rings is 1. The molecule has 1 aliphatic rings. The highest BCUT2D eigenvalue weighted by atomic mass is 32.2. The second-order valence-electron chi connectivity index (χ2n) is 3.30. The van der Waals surface area contributed by atoms with Gasteiger partial charge in [0.1, 0.15) is 6.61 Å². The largest absolute Gasteiger partial charge is 0.370 e. The molecule has 1 heterocycles. The van der Waals surface area contributed by atoms with Gasteiger partial charge in [0.2, 0.25) is 0 Å². The number of ether oxygens (including phenoxy) is 1. The zero-order chi connectivity index (χ0) is 10.7. The second-order valence-corrected chi connectivity index (χ2v) is 4.18. The molecule has 1 amide bonds. The van der Waals surface area contributed by atoms with E-state index in [4.69, 9.17) is 4.74 Å². The molecule has 0 radical (unpaired) electrons. The molecular weight excluding hydrogens is 210 g/mol. The molecule has 0 aliphatic carbocycles. The van der Waals surface area contributed by atoms with Gasteiger partial charge in [-0.05, 0) is 30.5 Å².